The van der Waals surface area contributed by atoms with Crippen molar-refractivity contribution in [2.45, 2.75) is 62.9 Å². The molecule has 1 aliphatic heterocycles. The highest BCUT2D eigenvalue weighted by Gasteiger charge is 2.42. The summed E-state index contributed by atoms with van der Waals surface area (Å²) in [5.74, 6) is 0.714. The highest BCUT2D eigenvalue weighted by Crippen LogP contribution is 2.38. The van der Waals surface area contributed by atoms with Crippen molar-refractivity contribution in [3.63, 3.8) is 0 Å². The fourth-order valence-electron chi connectivity index (χ4n) is 4.74. The third kappa shape index (κ3) is 3.47. The van der Waals surface area contributed by atoms with E-state index in [1.165, 1.54) is 19.3 Å². The monoisotopic (exact) mass is 309 g/mol. The van der Waals surface area contributed by atoms with Gasteiger partial charge in [0.1, 0.15) is 0 Å². The number of hydrogen-bond donors (Lipinski definition) is 2. The fourth-order valence-corrected chi connectivity index (χ4v) is 4.74. The van der Waals surface area contributed by atoms with Crippen LogP contribution in [0.3, 0.4) is 0 Å². The molecular formula is C17H31N3O2. The van der Waals surface area contributed by atoms with Crippen LogP contribution < -0.4 is 11.1 Å². The summed E-state index contributed by atoms with van der Waals surface area (Å²) >= 11 is 0. The molecule has 0 radical (unpaired) electrons. The summed E-state index contributed by atoms with van der Waals surface area (Å²) in [6, 6.07) is 0.306. The number of nitrogens with zero attached hydrogens (tertiary/aromatic N) is 1. The summed E-state index contributed by atoms with van der Waals surface area (Å²) in [4.78, 5) is 15.2. The van der Waals surface area contributed by atoms with Crippen LogP contribution in [0.1, 0.15) is 51.4 Å². The van der Waals surface area contributed by atoms with Gasteiger partial charge in [-0.2, -0.15) is 0 Å². The number of nitrogens with one attached hydrogen (secondary N) is 1. The molecule has 2 atom stereocenters. The van der Waals surface area contributed by atoms with Gasteiger partial charge in [-0.25, -0.2) is 0 Å². The molecule has 1 saturated heterocycles. The lowest BCUT2D eigenvalue weighted by Gasteiger charge is -2.43. The fraction of sp³-hybridized carbons (Fsp3) is 0.941. The van der Waals surface area contributed by atoms with E-state index in [0.29, 0.717) is 24.9 Å². The zero-order valence-corrected chi connectivity index (χ0v) is 13.7. The number of rotatable bonds is 5. The van der Waals surface area contributed by atoms with Gasteiger partial charge in [-0.1, -0.05) is 19.3 Å². The Hall–Kier alpha value is -0.650. The van der Waals surface area contributed by atoms with Crippen LogP contribution in [-0.2, 0) is 9.53 Å². The number of carbonyl (C=O) groups excluding carboxylic acids is 1. The average Bonchev–Trinajstić information content (AvgIpc) is 3.18. The van der Waals surface area contributed by atoms with Gasteiger partial charge in [-0.15, -0.1) is 0 Å². The third-order valence-corrected chi connectivity index (χ3v) is 6.01. The van der Waals surface area contributed by atoms with E-state index in [-0.39, 0.29) is 11.4 Å². The topological polar surface area (TPSA) is 67.6 Å². The van der Waals surface area contributed by atoms with Gasteiger partial charge in [-0.05, 0) is 38.1 Å². The highest BCUT2D eigenvalue weighted by atomic mass is 16.5. The van der Waals surface area contributed by atoms with Gasteiger partial charge in [-0.3, -0.25) is 9.69 Å². The number of nitrogens with two attached hydrogens (primary N) is 1. The number of ether oxygens (including phenoxy) is 1. The molecule has 5 heteroatoms. The average molecular weight is 309 g/mol. The third-order valence-electron chi connectivity index (χ3n) is 6.01. The second-order valence-electron chi connectivity index (χ2n) is 7.31. The predicted octanol–water partition coefficient (Wildman–Crippen LogP) is 1.27. The van der Waals surface area contributed by atoms with Crippen LogP contribution in [0, 0.1) is 5.92 Å². The summed E-state index contributed by atoms with van der Waals surface area (Å²) in [7, 11) is 0. The van der Waals surface area contributed by atoms with Gasteiger partial charge in [0.25, 0.3) is 0 Å². The van der Waals surface area contributed by atoms with E-state index in [0.717, 1.165) is 52.0 Å². The van der Waals surface area contributed by atoms with Crippen LogP contribution in [0.4, 0.5) is 0 Å². The van der Waals surface area contributed by atoms with E-state index in [1.54, 1.807) is 0 Å². The van der Waals surface area contributed by atoms with Crippen molar-refractivity contribution in [1.82, 2.24) is 10.2 Å². The van der Waals surface area contributed by atoms with Gasteiger partial charge < -0.3 is 15.8 Å². The van der Waals surface area contributed by atoms with Crippen LogP contribution in [0.15, 0.2) is 0 Å². The second-order valence-corrected chi connectivity index (χ2v) is 7.31. The largest absolute Gasteiger partial charge is 0.379 e. The molecule has 0 aromatic heterocycles. The summed E-state index contributed by atoms with van der Waals surface area (Å²) in [6.45, 7) is 4.26. The molecule has 1 heterocycles. The Balaban J connectivity index is 1.59. The van der Waals surface area contributed by atoms with E-state index in [2.05, 4.69) is 10.2 Å². The molecule has 1 amide bonds. The van der Waals surface area contributed by atoms with E-state index in [1.807, 2.05) is 0 Å². The first-order valence-corrected chi connectivity index (χ1v) is 9.06. The molecule has 3 aliphatic rings. The zero-order valence-electron chi connectivity index (χ0n) is 13.7. The zero-order chi connectivity index (χ0) is 15.4. The summed E-state index contributed by atoms with van der Waals surface area (Å²) < 4.78 is 5.49. The van der Waals surface area contributed by atoms with Crippen LogP contribution >= 0.6 is 0 Å². The lowest BCUT2D eigenvalue weighted by molar-refractivity contribution is -0.126. The molecule has 3 rings (SSSR count). The first-order chi connectivity index (χ1) is 10.7. The molecule has 0 aromatic rings. The molecule has 2 aliphatic carbocycles. The molecule has 2 unspecified atom stereocenters. The number of morpholine rings is 1. The van der Waals surface area contributed by atoms with Gasteiger partial charge in [0, 0.05) is 31.1 Å². The smallest absolute Gasteiger partial charge is 0.222 e. The molecule has 2 saturated carbocycles. The molecule has 22 heavy (non-hydrogen) atoms. The minimum Gasteiger partial charge on any atom is -0.379 e. The number of carbonyl (C=O) groups is 1. The quantitative estimate of drug-likeness (QED) is 0.802. The SMILES string of the molecule is NCC1CCCC1NC(=O)CC1(N2CCOCC2)CCCC1. The summed E-state index contributed by atoms with van der Waals surface area (Å²) in [5.41, 5.74) is 5.92. The van der Waals surface area contributed by atoms with Crippen LogP contribution in [0.5, 0.6) is 0 Å². The first-order valence-electron chi connectivity index (χ1n) is 9.06. The molecule has 0 spiro atoms. The van der Waals surface area contributed by atoms with E-state index >= 15 is 0 Å². The Morgan fingerprint density at radius 3 is 2.59 bits per heavy atom. The molecular weight excluding hydrogens is 278 g/mol. The summed E-state index contributed by atoms with van der Waals surface area (Å²) in [6.07, 6.45) is 8.92. The molecule has 0 aromatic carbocycles. The molecule has 0 bridgehead atoms. The predicted molar refractivity (Wildman–Crippen MR) is 86.5 cm³/mol. The maximum Gasteiger partial charge on any atom is 0.222 e. The van der Waals surface area contributed by atoms with Crippen LogP contribution in [-0.4, -0.2) is 55.2 Å². The number of hydrogen-bond acceptors (Lipinski definition) is 4. The van der Waals surface area contributed by atoms with E-state index in [4.69, 9.17) is 10.5 Å². The maximum atomic E-state index is 12.7. The molecule has 3 fully saturated rings. The first kappa shape index (κ1) is 16.2. The van der Waals surface area contributed by atoms with Crippen molar-refractivity contribution in [1.29, 1.82) is 0 Å². The summed E-state index contributed by atoms with van der Waals surface area (Å²) in [5, 5.41) is 3.29. The minimum atomic E-state index is 0.0880. The van der Waals surface area contributed by atoms with Crippen molar-refractivity contribution < 1.29 is 9.53 Å². The molecule has 126 valence electrons. The van der Waals surface area contributed by atoms with Gasteiger partial charge >= 0.3 is 0 Å². The van der Waals surface area contributed by atoms with Crippen LogP contribution in [0.25, 0.3) is 0 Å². The second kappa shape index (κ2) is 7.28. The van der Waals surface area contributed by atoms with Crippen molar-refractivity contribution in [3.05, 3.63) is 0 Å². The van der Waals surface area contributed by atoms with Crippen LogP contribution in [0.2, 0.25) is 0 Å². The van der Waals surface area contributed by atoms with Gasteiger partial charge in [0.2, 0.25) is 5.91 Å². The Bertz CT molecular complexity index is 376. The van der Waals surface area contributed by atoms with E-state index < -0.39 is 0 Å². The lowest BCUT2D eigenvalue weighted by Crippen LogP contribution is -2.54. The molecule has 3 N–H and O–H groups in total. The Morgan fingerprint density at radius 1 is 1.18 bits per heavy atom. The Kier molecular flexibility index (Phi) is 5.37. The maximum absolute atomic E-state index is 12.7. The number of amides is 1. The van der Waals surface area contributed by atoms with Crippen molar-refractivity contribution in [2.75, 3.05) is 32.8 Å². The standard InChI is InChI=1S/C17H31N3O2/c18-13-14-4-3-5-15(14)19-16(21)12-17(6-1-2-7-17)20-8-10-22-11-9-20/h14-15H,1-13,18H2,(H,19,21). The van der Waals surface area contributed by atoms with Gasteiger partial charge in [0.15, 0.2) is 0 Å². The lowest BCUT2D eigenvalue weighted by atomic mass is 9.89. The van der Waals surface area contributed by atoms with E-state index in [9.17, 15) is 4.79 Å². The Labute approximate surface area is 133 Å². The Morgan fingerprint density at radius 2 is 1.91 bits per heavy atom. The molecule has 5 nitrogen and oxygen atoms in total. The normalized spacial score (nSPS) is 32.2. The van der Waals surface area contributed by atoms with Crippen molar-refractivity contribution >= 4 is 5.91 Å². The van der Waals surface area contributed by atoms with Gasteiger partial charge in [0.05, 0.1) is 13.2 Å². The minimum absolute atomic E-state index is 0.0880. The highest BCUT2D eigenvalue weighted by molar-refractivity contribution is 5.77. The van der Waals surface area contributed by atoms with Crippen molar-refractivity contribution in [2.24, 2.45) is 11.7 Å². The van der Waals surface area contributed by atoms with Crippen molar-refractivity contribution in [3.8, 4) is 0 Å².